The fourth-order valence-electron chi connectivity index (χ4n) is 4.33. The van der Waals surface area contributed by atoms with Gasteiger partial charge in [0.2, 0.25) is 0 Å². The summed E-state index contributed by atoms with van der Waals surface area (Å²) < 4.78 is 27.6. The van der Waals surface area contributed by atoms with Gasteiger partial charge in [-0.05, 0) is 72.6 Å². The molecule has 0 fully saturated rings. The van der Waals surface area contributed by atoms with Crippen LogP contribution in [0.4, 0.5) is 20.2 Å². The number of benzene rings is 4. The van der Waals surface area contributed by atoms with Crippen LogP contribution >= 0.6 is 0 Å². The zero-order chi connectivity index (χ0) is 27.2. The van der Waals surface area contributed by atoms with Gasteiger partial charge >= 0.3 is 0 Å². The second-order valence-electron chi connectivity index (χ2n) is 9.23. The lowest BCUT2D eigenvalue weighted by molar-refractivity contribution is 0.0673. The molecule has 0 aliphatic carbocycles. The molecule has 5 nitrogen and oxygen atoms in total. The summed E-state index contributed by atoms with van der Waals surface area (Å²) >= 11 is 0. The fourth-order valence-corrected chi connectivity index (χ4v) is 4.33. The topological polar surface area (TPSA) is 52.7 Å². The fraction of sp³-hybridized carbons (Fsp3) is 0.161. The number of anilines is 2. The van der Waals surface area contributed by atoms with Gasteiger partial charge in [0.1, 0.15) is 11.6 Å². The molecule has 0 bridgehead atoms. The van der Waals surface area contributed by atoms with Crippen molar-refractivity contribution < 1.29 is 18.4 Å². The molecule has 1 atom stereocenters. The van der Waals surface area contributed by atoms with Crippen molar-refractivity contribution in [3.63, 3.8) is 0 Å². The van der Waals surface area contributed by atoms with Gasteiger partial charge in [-0.25, -0.2) is 8.78 Å². The first kappa shape index (κ1) is 26.5. The minimum Gasteiger partial charge on any atom is -0.377 e. The number of nitrogens with zero attached hydrogens (tertiary/aromatic N) is 2. The summed E-state index contributed by atoms with van der Waals surface area (Å²) in [6.45, 7) is 2.13. The molecule has 0 saturated heterocycles. The van der Waals surface area contributed by atoms with E-state index in [1.165, 1.54) is 42.5 Å². The van der Waals surface area contributed by atoms with Crippen LogP contribution < -0.4 is 10.2 Å². The number of hydrogen-bond acceptors (Lipinski definition) is 3. The third kappa shape index (κ3) is 6.24. The minimum absolute atomic E-state index is 0.197. The molecule has 0 saturated carbocycles. The number of rotatable bonds is 8. The number of nitrogens with one attached hydrogen (secondary N) is 1. The zero-order valence-corrected chi connectivity index (χ0v) is 21.5. The molecule has 0 aliphatic rings. The van der Waals surface area contributed by atoms with E-state index < -0.39 is 17.5 Å². The molecule has 4 aromatic carbocycles. The summed E-state index contributed by atoms with van der Waals surface area (Å²) in [5.41, 5.74) is 3.51. The second-order valence-corrected chi connectivity index (χ2v) is 9.23. The van der Waals surface area contributed by atoms with E-state index in [1.807, 2.05) is 62.3 Å². The third-order valence-electron chi connectivity index (χ3n) is 6.33. The average molecular weight is 514 g/mol. The Morgan fingerprint density at radius 3 is 2.05 bits per heavy atom. The summed E-state index contributed by atoms with van der Waals surface area (Å²) in [7, 11) is 3.78. The van der Waals surface area contributed by atoms with Crippen LogP contribution in [0.1, 0.15) is 44.8 Å². The lowest BCUT2D eigenvalue weighted by Crippen LogP contribution is -2.34. The highest BCUT2D eigenvalue weighted by molar-refractivity contribution is 6.04. The van der Waals surface area contributed by atoms with Crippen molar-refractivity contribution in [2.24, 2.45) is 0 Å². The Hall–Kier alpha value is -4.52. The van der Waals surface area contributed by atoms with Gasteiger partial charge in [0, 0.05) is 43.1 Å². The van der Waals surface area contributed by atoms with Gasteiger partial charge in [0.25, 0.3) is 11.8 Å². The van der Waals surface area contributed by atoms with Crippen LogP contribution in [-0.2, 0) is 6.54 Å². The number of halogens is 2. The van der Waals surface area contributed by atoms with Crippen LogP contribution in [0.3, 0.4) is 0 Å². The zero-order valence-electron chi connectivity index (χ0n) is 21.5. The second kappa shape index (κ2) is 11.7. The van der Waals surface area contributed by atoms with Crippen LogP contribution in [0.5, 0.6) is 0 Å². The molecular weight excluding hydrogens is 484 g/mol. The van der Waals surface area contributed by atoms with Gasteiger partial charge in [-0.3, -0.25) is 9.59 Å². The molecule has 1 N–H and O–H groups in total. The van der Waals surface area contributed by atoms with Gasteiger partial charge in [0.05, 0.1) is 6.04 Å². The number of amides is 2. The Morgan fingerprint density at radius 2 is 1.42 bits per heavy atom. The molecule has 4 rings (SSSR count). The Balaban J connectivity index is 1.71. The molecule has 0 spiro atoms. The van der Waals surface area contributed by atoms with Gasteiger partial charge in [-0.15, -0.1) is 0 Å². The number of hydrogen-bond donors (Lipinski definition) is 1. The first-order valence-corrected chi connectivity index (χ1v) is 12.2. The highest BCUT2D eigenvalue weighted by atomic mass is 19.1. The van der Waals surface area contributed by atoms with E-state index >= 15 is 0 Å². The van der Waals surface area contributed by atoms with E-state index in [4.69, 9.17) is 0 Å². The molecule has 0 aromatic heterocycles. The molecule has 0 aliphatic heterocycles. The van der Waals surface area contributed by atoms with Gasteiger partial charge in [-0.1, -0.05) is 42.5 Å². The van der Waals surface area contributed by atoms with Crippen LogP contribution in [-0.4, -0.2) is 30.8 Å². The Kier molecular flexibility index (Phi) is 8.16. The van der Waals surface area contributed by atoms with Crippen molar-refractivity contribution in [1.82, 2.24) is 4.90 Å². The van der Waals surface area contributed by atoms with Crippen molar-refractivity contribution in [2.45, 2.75) is 19.5 Å². The van der Waals surface area contributed by atoms with E-state index in [2.05, 4.69) is 5.32 Å². The summed E-state index contributed by atoms with van der Waals surface area (Å²) in [5.74, 6) is -1.75. The normalized spacial score (nSPS) is 11.5. The monoisotopic (exact) mass is 513 g/mol. The summed E-state index contributed by atoms with van der Waals surface area (Å²) in [6.07, 6.45) is 0. The van der Waals surface area contributed by atoms with Crippen molar-refractivity contribution in [3.05, 3.63) is 131 Å². The SMILES string of the molecule is C[C@@H](c1ccccc1)N(Cc1cc(NC(=O)c2cccc(F)c2)ccc1N(C)C)C(=O)c1cccc(F)c1. The van der Waals surface area contributed by atoms with Gasteiger partial charge in [0.15, 0.2) is 0 Å². The Morgan fingerprint density at radius 1 is 0.789 bits per heavy atom. The number of carbonyl (C=O) groups excluding carboxylic acids is 2. The average Bonchev–Trinajstić information content (AvgIpc) is 2.91. The van der Waals surface area contributed by atoms with Crippen LogP contribution in [0.2, 0.25) is 0 Å². The standard InChI is InChI=1S/C31H29F2N3O2/c1-21(22-9-5-4-6-10-22)36(31(38)24-12-8-14-27(33)18-24)20-25-19-28(15-16-29(25)35(2)3)34-30(37)23-11-7-13-26(32)17-23/h4-19,21H,20H2,1-3H3,(H,34,37)/t21-/m0/s1. The van der Waals surface area contributed by atoms with E-state index in [9.17, 15) is 18.4 Å². The van der Waals surface area contributed by atoms with E-state index in [0.29, 0.717) is 5.69 Å². The summed E-state index contributed by atoms with van der Waals surface area (Å²) in [6, 6.07) is 25.8. The molecule has 194 valence electrons. The van der Waals surface area contributed by atoms with Gasteiger partial charge < -0.3 is 15.1 Å². The Labute approximate surface area is 221 Å². The van der Waals surface area contributed by atoms with E-state index in [1.54, 1.807) is 23.1 Å². The van der Waals surface area contributed by atoms with Crippen LogP contribution in [0.25, 0.3) is 0 Å². The summed E-state index contributed by atoms with van der Waals surface area (Å²) in [4.78, 5) is 30.1. The third-order valence-corrected chi connectivity index (χ3v) is 6.33. The molecule has 4 aromatic rings. The van der Waals surface area contributed by atoms with Crippen molar-refractivity contribution in [1.29, 1.82) is 0 Å². The highest BCUT2D eigenvalue weighted by Crippen LogP contribution is 2.30. The summed E-state index contributed by atoms with van der Waals surface area (Å²) in [5, 5.41) is 2.82. The van der Waals surface area contributed by atoms with E-state index in [0.717, 1.165) is 16.8 Å². The van der Waals surface area contributed by atoms with Gasteiger partial charge in [-0.2, -0.15) is 0 Å². The molecule has 0 radical (unpaired) electrons. The van der Waals surface area contributed by atoms with E-state index in [-0.39, 0.29) is 29.6 Å². The largest absolute Gasteiger partial charge is 0.377 e. The maximum absolute atomic E-state index is 14.0. The lowest BCUT2D eigenvalue weighted by atomic mass is 10.0. The highest BCUT2D eigenvalue weighted by Gasteiger charge is 2.25. The van der Waals surface area contributed by atoms with Crippen molar-refractivity contribution >= 4 is 23.2 Å². The quantitative estimate of drug-likeness (QED) is 0.286. The molecule has 0 heterocycles. The van der Waals surface area contributed by atoms with Crippen LogP contribution in [0.15, 0.2) is 97.1 Å². The van der Waals surface area contributed by atoms with Crippen LogP contribution in [0, 0.1) is 11.6 Å². The van der Waals surface area contributed by atoms with Crippen molar-refractivity contribution in [2.75, 3.05) is 24.3 Å². The molecule has 7 heteroatoms. The molecular formula is C31H29F2N3O2. The van der Waals surface area contributed by atoms with Crippen molar-refractivity contribution in [3.8, 4) is 0 Å². The molecule has 38 heavy (non-hydrogen) atoms. The number of carbonyl (C=O) groups is 2. The minimum atomic E-state index is -0.498. The maximum atomic E-state index is 14.0. The predicted octanol–water partition coefficient (Wildman–Crippen LogP) is 6.69. The maximum Gasteiger partial charge on any atom is 0.255 e. The lowest BCUT2D eigenvalue weighted by Gasteiger charge is -2.31. The first-order chi connectivity index (χ1) is 18.2. The predicted molar refractivity (Wildman–Crippen MR) is 146 cm³/mol. The molecule has 0 unspecified atom stereocenters. The molecule has 2 amide bonds. The Bertz CT molecular complexity index is 1440. The smallest absolute Gasteiger partial charge is 0.255 e. The first-order valence-electron chi connectivity index (χ1n) is 12.2.